The number of nitrogens with zero attached hydrogens (tertiary/aromatic N) is 4. The molecule has 1 N–H and O–H groups in total. The maximum Gasteiger partial charge on any atom is 0.319 e. The van der Waals surface area contributed by atoms with Crippen LogP contribution in [0, 0.1) is 10.1 Å². The zero-order valence-electron chi connectivity index (χ0n) is 13.6. The highest BCUT2D eigenvalue weighted by atomic mass is 16.6. The Bertz CT molecular complexity index is 806. The van der Waals surface area contributed by atoms with E-state index in [1.54, 1.807) is 17.0 Å². The van der Waals surface area contributed by atoms with Crippen molar-refractivity contribution in [1.82, 2.24) is 15.1 Å². The monoisotopic (exact) mass is 343 g/mol. The number of aromatic nitrogens is 2. The van der Waals surface area contributed by atoms with Gasteiger partial charge in [0, 0.05) is 37.4 Å². The number of nitro groups is 1. The number of benzene rings is 1. The van der Waals surface area contributed by atoms with Crippen LogP contribution in [-0.4, -0.2) is 57.9 Å². The summed E-state index contributed by atoms with van der Waals surface area (Å²) in [7, 11) is 0. The minimum absolute atomic E-state index is 0.0168. The second kappa shape index (κ2) is 6.71. The minimum Gasteiger partial charge on any atom is -0.368 e. The van der Waals surface area contributed by atoms with Gasteiger partial charge in [-0.2, -0.15) is 5.10 Å². The first-order chi connectivity index (χ1) is 12.0. The van der Waals surface area contributed by atoms with E-state index in [0.717, 1.165) is 11.9 Å². The predicted octanol–water partition coefficient (Wildman–Crippen LogP) is 1.48. The summed E-state index contributed by atoms with van der Waals surface area (Å²) in [6.45, 7) is 3.63. The van der Waals surface area contributed by atoms with E-state index < -0.39 is 10.8 Å². The summed E-state index contributed by atoms with van der Waals surface area (Å²) < 4.78 is 0. The van der Waals surface area contributed by atoms with Gasteiger partial charge < -0.3 is 9.80 Å². The molecule has 2 aromatic rings. The quantitative estimate of drug-likeness (QED) is 0.511. The molecule has 1 aromatic heterocycles. The van der Waals surface area contributed by atoms with E-state index in [1.807, 2.05) is 12.1 Å². The van der Waals surface area contributed by atoms with Gasteiger partial charge in [-0.05, 0) is 31.2 Å². The fourth-order valence-corrected chi connectivity index (χ4v) is 2.81. The zero-order chi connectivity index (χ0) is 18.0. The Morgan fingerprint density at radius 1 is 1.16 bits per heavy atom. The average molecular weight is 343 g/mol. The van der Waals surface area contributed by atoms with Gasteiger partial charge in [-0.1, -0.05) is 0 Å². The molecule has 1 aliphatic rings. The van der Waals surface area contributed by atoms with Gasteiger partial charge >= 0.3 is 5.69 Å². The number of anilines is 1. The Balaban J connectivity index is 1.65. The van der Waals surface area contributed by atoms with Crippen LogP contribution in [-0.2, 0) is 0 Å². The van der Waals surface area contributed by atoms with Gasteiger partial charge in [-0.25, -0.2) is 0 Å². The summed E-state index contributed by atoms with van der Waals surface area (Å²) in [5.74, 6) is -0.404. The number of rotatable bonds is 4. The van der Waals surface area contributed by atoms with Crippen molar-refractivity contribution < 1.29 is 14.5 Å². The van der Waals surface area contributed by atoms with E-state index in [-0.39, 0.29) is 17.2 Å². The lowest BCUT2D eigenvalue weighted by atomic mass is 10.1. The largest absolute Gasteiger partial charge is 0.368 e. The lowest BCUT2D eigenvalue weighted by molar-refractivity contribution is -0.385. The summed E-state index contributed by atoms with van der Waals surface area (Å²) >= 11 is 0. The Morgan fingerprint density at radius 2 is 1.80 bits per heavy atom. The summed E-state index contributed by atoms with van der Waals surface area (Å²) in [5, 5.41) is 16.9. The normalized spacial score (nSPS) is 14.4. The number of aromatic amines is 1. The van der Waals surface area contributed by atoms with Gasteiger partial charge in [-0.15, -0.1) is 0 Å². The highest BCUT2D eigenvalue weighted by molar-refractivity contribution is 5.96. The smallest absolute Gasteiger partial charge is 0.319 e. The fourth-order valence-electron chi connectivity index (χ4n) is 2.81. The molecule has 1 aliphatic heterocycles. The Labute approximate surface area is 143 Å². The Kier molecular flexibility index (Phi) is 4.46. The van der Waals surface area contributed by atoms with Gasteiger partial charge in [0.25, 0.3) is 5.91 Å². The minimum atomic E-state index is -0.621. The Morgan fingerprint density at radius 3 is 2.36 bits per heavy atom. The maximum atomic E-state index is 12.4. The van der Waals surface area contributed by atoms with Crippen molar-refractivity contribution in [3.63, 3.8) is 0 Å². The van der Waals surface area contributed by atoms with E-state index in [2.05, 4.69) is 15.1 Å². The van der Waals surface area contributed by atoms with Crippen LogP contribution in [0.5, 0.6) is 0 Å². The highest BCUT2D eigenvalue weighted by Gasteiger charge is 2.29. The molecule has 3 rings (SSSR count). The third-order valence-electron chi connectivity index (χ3n) is 4.24. The SMILES string of the molecule is CC(=O)c1ccc(N2CCN(C(=O)c3[nH]ncc3[N+](=O)[O-])CC2)cc1. The third-order valence-corrected chi connectivity index (χ3v) is 4.24. The molecule has 0 saturated carbocycles. The molecule has 1 fully saturated rings. The van der Waals surface area contributed by atoms with Crippen molar-refractivity contribution in [3.05, 3.63) is 51.8 Å². The standard InChI is InChI=1S/C16H17N5O4/c1-11(22)12-2-4-13(5-3-12)19-6-8-20(9-7-19)16(23)15-14(21(24)25)10-17-18-15/h2-5,10H,6-9H2,1H3,(H,17,18). The molecule has 0 spiro atoms. The van der Waals surface area contributed by atoms with Gasteiger partial charge in [0.1, 0.15) is 6.20 Å². The number of hydrogen-bond acceptors (Lipinski definition) is 6. The first-order valence-corrected chi connectivity index (χ1v) is 7.80. The summed E-state index contributed by atoms with van der Waals surface area (Å²) in [4.78, 5) is 37.7. The van der Waals surface area contributed by atoms with Crippen LogP contribution in [0.1, 0.15) is 27.8 Å². The van der Waals surface area contributed by atoms with Gasteiger partial charge in [0.2, 0.25) is 5.69 Å². The lowest BCUT2D eigenvalue weighted by Gasteiger charge is -2.35. The van der Waals surface area contributed by atoms with Gasteiger partial charge in [0.15, 0.2) is 5.78 Å². The van der Waals surface area contributed by atoms with Crippen LogP contribution >= 0.6 is 0 Å². The van der Waals surface area contributed by atoms with Crippen molar-refractivity contribution in [3.8, 4) is 0 Å². The van der Waals surface area contributed by atoms with E-state index in [0.29, 0.717) is 31.7 Å². The Hall–Kier alpha value is -3.23. The topological polar surface area (TPSA) is 112 Å². The first-order valence-electron chi connectivity index (χ1n) is 7.80. The molecule has 0 radical (unpaired) electrons. The molecule has 0 unspecified atom stereocenters. The van der Waals surface area contributed by atoms with Crippen LogP contribution < -0.4 is 4.90 Å². The number of carbonyl (C=O) groups excluding carboxylic acids is 2. The first kappa shape index (κ1) is 16.6. The van der Waals surface area contributed by atoms with Crippen LogP contribution in [0.3, 0.4) is 0 Å². The summed E-state index contributed by atoms with van der Waals surface area (Å²) in [5.41, 5.74) is 1.23. The maximum absolute atomic E-state index is 12.4. The van der Waals surface area contributed by atoms with E-state index >= 15 is 0 Å². The van der Waals surface area contributed by atoms with Gasteiger partial charge in [0.05, 0.1) is 4.92 Å². The van der Waals surface area contributed by atoms with Crippen LogP contribution in [0.25, 0.3) is 0 Å². The van der Waals surface area contributed by atoms with Gasteiger partial charge in [-0.3, -0.25) is 24.8 Å². The molecule has 0 atom stereocenters. The third kappa shape index (κ3) is 3.35. The van der Waals surface area contributed by atoms with Crippen molar-refractivity contribution in [2.45, 2.75) is 6.92 Å². The zero-order valence-corrected chi connectivity index (χ0v) is 13.6. The fraction of sp³-hybridized carbons (Fsp3) is 0.312. The molecule has 2 heterocycles. The molecule has 1 amide bonds. The molecule has 1 aromatic carbocycles. The number of nitrogens with one attached hydrogen (secondary N) is 1. The molecule has 25 heavy (non-hydrogen) atoms. The number of amides is 1. The van der Waals surface area contributed by atoms with Crippen LogP contribution in [0.2, 0.25) is 0 Å². The second-order valence-electron chi connectivity index (χ2n) is 5.77. The molecular formula is C16H17N5O4. The number of Topliss-reactive ketones (excluding diaryl/α,β-unsaturated/α-hetero) is 1. The second-order valence-corrected chi connectivity index (χ2v) is 5.77. The van der Waals surface area contributed by atoms with E-state index in [1.165, 1.54) is 6.92 Å². The van der Waals surface area contributed by atoms with Crippen molar-refractivity contribution >= 4 is 23.1 Å². The molecular weight excluding hydrogens is 326 g/mol. The predicted molar refractivity (Wildman–Crippen MR) is 89.8 cm³/mol. The molecule has 130 valence electrons. The summed E-state index contributed by atoms with van der Waals surface area (Å²) in [6.07, 6.45) is 1.04. The molecule has 0 aliphatic carbocycles. The van der Waals surface area contributed by atoms with Crippen molar-refractivity contribution in [2.24, 2.45) is 0 Å². The van der Waals surface area contributed by atoms with Crippen LogP contribution in [0.15, 0.2) is 30.5 Å². The number of hydrogen-bond donors (Lipinski definition) is 1. The molecule has 9 heteroatoms. The highest BCUT2D eigenvalue weighted by Crippen LogP contribution is 2.20. The lowest BCUT2D eigenvalue weighted by Crippen LogP contribution is -2.49. The molecule has 0 bridgehead atoms. The number of ketones is 1. The average Bonchev–Trinajstić information content (AvgIpc) is 3.11. The molecule has 1 saturated heterocycles. The van der Waals surface area contributed by atoms with Crippen LogP contribution in [0.4, 0.5) is 11.4 Å². The van der Waals surface area contributed by atoms with Crippen molar-refractivity contribution in [2.75, 3.05) is 31.1 Å². The number of piperazine rings is 1. The molecule has 9 nitrogen and oxygen atoms in total. The number of carbonyl (C=O) groups is 2. The van der Waals surface area contributed by atoms with E-state index in [9.17, 15) is 19.7 Å². The van der Waals surface area contributed by atoms with Crippen molar-refractivity contribution in [1.29, 1.82) is 0 Å². The van der Waals surface area contributed by atoms with E-state index in [4.69, 9.17) is 0 Å². The number of H-pyrrole nitrogens is 1. The summed E-state index contributed by atoms with van der Waals surface area (Å²) in [6, 6.07) is 7.33.